The minimum absolute atomic E-state index is 0.0768. The second-order valence-electron chi connectivity index (χ2n) is 6.80. The number of nitrogens with zero attached hydrogens (tertiary/aromatic N) is 1. The largest absolute Gasteiger partial charge is 0.455 e. The summed E-state index contributed by atoms with van der Waals surface area (Å²) in [6.45, 7) is 3.67. The molecule has 0 bridgehead atoms. The SMILES string of the molecule is Cc1cccc(C)c1NC(=O)COC(=O)[C@H]1CC(=O)N(c2ccc(Br)cc2)C1. The second-order valence-corrected chi connectivity index (χ2v) is 7.72. The van der Waals surface area contributed by atoms with Gasteiger partial charge in [0, 0.05) is 28.8 Å². The van der Waals surface area contributed by atoms with Crippen molar-refractivity contribution in [2.75, 3.05) is 23.4 Å². The van der Waals surface area contributed by atoms with Gasteiger partial charge >= 0.3 is 5.97 Å². The van der Waals surface area contributed by atoms with Crippen LogP contribution in [0.3, 0.4) is 0 Å². The Hall–Kier alpha value is -2.67. The molecule has 0 aromatic heterocycles. The third-order valence-corrected chi connectivity index (χ3v) is 5.22. The van der Waals surface area contributed by atoms with Gasteiger partial charge in [-0.05, 0) is 49.2 Å². The van der Waals surface area contributed by atoms with E-state index in [1.807, 2.05) is 56.3 Å². The van der Waals surface area contributed by atoms with Gasteiger partial charge in [0.2, 0.25) is 5.91 Å². The van der Waals surface area contributed by atoms with Crippen molar-refractivity contribution in [2.24, 2.45) is 5.92 Å². The number of nitrogens with one attached hydrogen (secondary N) is 1. The zero-order valence-corrected chi connectivity index (χ0v) is 17.3. The Morgan fingerprint density at radius 1 is 1.14 bits per heavy atom. The fourth-order valence-corrected chi connectivity index (χ4v) is 3.44. The van der Waals surface area contributed by atoms with Crippen molar-refractivity contribution < 1.29 is 19.1 Å². The molecule has 0 spiro atoms. The van der Waals surface area contributed by atoms with Crippen LogP contribution in [0.1, 0.15) is 17.5 Å². The van der Waals surface area contributed by atoms with E-state index in [-0.39, 0.29) is 25.5 Å². The number of hydrogen-bond acceptors (Lipinski definition) is 4. The van der Waals surface area contributed by atoms with Crippen LogP contribution in [-0.4, -0.2) is 30.9 Å². The van der Waals surface area contributed by atoms with Crippen LogP contribution in [0.25, 0.3) is 0 Å². The van der Waals surface area contributed by atoms with E-state index in [2.05, 4.69) is 21.2 Å². The molecule has 6 nitrogen and oxygen atoms in total. The zero-order chi connectivity index (χ0) is 20.3. The molecule has 146 valence electrons. The molecule has 1 heterocycles. The highest BCUT2D eigenvalue weighted by molar-refractivity contribution is 9.10. The van der Waals surface area contributed by atoms with Crippen LogP contribution >= 0.6 is 15.9 Å². The van der Waals surface area contributed by atoms with Gasteiger partial charge < -0.3 is 15.0 Å². The number of ether oxygens (including phenoxy) is 1. The van der Waals surface area contributed by atoms with Crippen molar-refractivity contribution in [3.8, 4) is 0 Å². The van der Waals surface area contributed by atoms with E-state index in [0.717, 1.165) is 27.0 Å². The summed E-state index contributed by atoms with van der Waals surface area (Å²) in [5.74, 6) is -1.65. The summed E-state index contributed by atoms with van der Waals surface area (Å²) in [6, 6.07) is 13.0. The Morgan fingerprint density at radius 3 is 2.43 bits per heavy atom. The molecule has 1 fully saturated rings. The van der Waals surface area contributed by atoms with E-state index < -0.39 is 17.8 Å². The van der Waals surface area contributed by atoms with Crippen LogP contribution in [0.2, 0.25) is 0 Å². The van der Waals surface area contributed by atoms with Crippen molar-refractivity contribution in [1.29, 1.82) is 0 Å². The molecule has 0 saturated carbocycles. The molecular weight excluding hydrogens is 424 g/mol. The van der Waals surface area contributed by atoms with Crippen LogP contribution in [0.4, 0.5) is 11.4 Å². The van der Waals surface area contributed by atoms with Crippen LogP contribution in [0, 0.1) is 19.8 Å². The van der Waals surface area contributed by atoms with Crippen molar-refractivity contribution in [3.63, 3.8) is 0 Å². The Balaban J connectivity index is 1.54. The van der Waals surface area contributed by atoms with E-state index in [9.17, 15) is 14.4 Å². The molecular formula is C21H21BrN2O4. The molecule has 1 saturated heterocycles. The number of benzene rings is 2. The number of rotatable bonds is 5. The molecule has 0 radical (unpaired) electrons. The lowest BCUT2D eigenvalue weighted by Crippen LogP contribution is -2.28. The molecule has 28 heavy (non-hydrogen) atoms. The summed E-state index contributed by atoms with van der Waals surface area (Å²) in [5.41, 5.74) is 3.33. The molecule has 1 aliphatic rings. The van der Waals surface area contributed by atoms with Gasteiger partial charge in [-0.25, -0.2) is 0 Å². The normalized spacial score (nSPS) is 16.2. The third kappa shape index (κ3) is 4.59. The van der Waals surface area contributed by atoms with Gasteiger partial charge in [0.1, 0.15) is 0 Å². The van der Waals surface area contributed by atoms with Gasteiger partial charge in [-0.15, -0.1) is 0 Å². The predicted octanol–water partition coefficient (Wildman–Crippen LogP) is 3.60. The molecule has 1 atom stereocenters. The molecule has 1 N–H and O–H groups in total. The first-order valence-electron chi connectivity index (χ1n) is 8.94. The van der Waals surface area contributed by atoms with Crippen LogP contribution in [0.15, 0.2) is 46.9 Å². The highest BCUT2D eigenvalue weighted by Gasteiger charge is 2.36. The van der Waals surface area contributed by atoms with Crippen molar-refractivity contribution in [3.05, 3.63) is 58.1 Å². The average Bonchev–Trinajstić information content (AvgIpc) is 3.05. The van der Waals surface area contributed by atoms with Crippen LogP contribution in [0.5, 0.6) is 0 Å². The van der Waals surface area contributed by atoms with E-state index >= 15 is 0 Å². The maximum atomic E-state index is 12.3. The average molecular weight is 445 g/mol. The number of carbonyl (C=O) groups excluding carboxylic acids is 3. The first-order valence-corrected chi connectivity index (χ1v) is 9.73. The summed E-state index contributed by atoms with van der Waals surface area (Å²) in [5, 5.41) is 2.78. The minimum atomic E-state index is -0.579. The summed E-state index contributed by atoms with van der Waals surface area (Å²) in [6.07, 6.45) is 0.0768. The Kier molecular flexibility index (Phi) is 6.14. The number of halogens is 1. The molecule has 7 heteroatoms. The number of amides is 2. The zero-order valence-electron chi connectivity index (χ0n) is 15.7. The van der Waals surface area contributed by atoms with E-state index in [0.29, 0.717) is 0 Å². The lowest BCUT2D eigenvalue weighted by molar-refractivity contribution is -0.151. The molecule has 3 rings (SSSR count). The van der Waals surface area contributed by atoms with Gasteiger partial charge in [-0.3, -0.25) is 14.4 Å². The smallest absolute Gasteiger partial charge is 0.311 e. The lowest BCUT2D eigenvalue weighted by atomic mass is 10.1. The maximum absolute atomic E-state index is 12.3. The van der Waals surface area contributed by atoms with Gasteiger partial charge in [-0.2, -0.15) is 0 Å². The van der Waals surface area contributed by atoms with Gasteiger partial charge in [0.15, 0.2) is 6.61 Å². The van der Waals surface area contributed by atoms with Crippen LogP contribution in [-0.2, 0) is 19.1 Å². The summed E-state index contributed by atoms with van der Waals surface area (Å²) >= 11 is 3.36. The fraction of sp³-hybridized carbons (Fsp3) is 0.286. The summed E-state index contributed by atoms with van der Waals surface area (Å²) in [4.78, 5) is 38.3. The molecule has 2 amide bonds. The highest BCUT2D eigenvalue weighted by atomic mass is 79.9. The number of esters is 1. The Morgan fingerprint density at radius 2 is 1.79 bits per heavy atom. The standard InChI is InChI=1S/C21H21BrN2O4/c1-13-4-3-5-14(2)20(13)23-18(25)12-28-21(27)15-10-19(26)24(11-15)17-8-6-16(22)7-9-17/h3-9,15H,10-12H2,1-2H3,(H,23,25)/t15-/m0/s1. The van der Waals surface area contributed by atoms with Crippen molar-refractivity contribution in [2.45, 2.75) is 20.3 Å². The minimum Gasteiger partial charge on any atom is -0.455 e. The molecule has 1 aliphatic heterocycles. The number of carbonyl (C=O) groups is 3. The highest BCUT2D eigenvalue weighted by Crippen LogP contribution is 2.27. The first-order chi connectivity index (χ1) is 13.3. The Labute approximate surface area is 172 Å². The molecule has 2 aromatic carbocycles. The number of hydrogen-bond donors (Lipinski definition) is 1. The number of aryl methyl sites for hydroxylation is 2. The third-order valence-electron chi connectivity index (χ3n) is 4.69. The quantitative estimate of drug-likeness (QED) is 0.714. The predicted molar refractivity (Wildman–Crippen MR) is 110 cm³/mol. The number of para-hydroxylation sites is 1. The molecule has 0 unspecified atom stereocenters. The van der Waals surface area contributed by atoms with E-state index in [1.54, 1.807) is 4.90 Å². The second kappa shape index (κ2) is 8.56. The number of anilines is 2. The van der Waals surface area contributed by atoms with Gasteiger partial charge in [0.05, 0.1) is 5.92 Å². The van der Waals surface area contributed by atoms with Gasteiger partial charge in [0.25, 0.3) is 5.91 Å². The summed E-state index contributed by atoms with van der Waals surface area (Å²) in [7, 11) is 0. The van der Waals surface area contributed by atoms with Crippen LogP contribution < -0.4 is 10.2 Å². The first kappa shape index (κ1) is 20.1. The molecule has 0 aliphatic carbocycles. The van der Waals surface area contributed by atoms with E-state index in [1.165, 1.54) is 0 Å². The van der Waals surface area contributed by atoms with E-state index in [4.69, 9.17) is 4.74 Å². The summed E-state index contributed by atoms with van der Waals surface area (Å²) < 4.78 is 6.06. The molecule has 2 aromatic rings. The maximum Gasteiger partial charge on any atom is 0.311 e. The van der Waals surface area contributed by atoms with Crippen molar-refractivity contribution in [1.82, 2.24) is 0 Å². The Bertz CT molecular complexity index is 891. The van der Waals surface area contributed by atoms with Crippen molar-refractivity contribution >= 4 is 45.1 Å². The monoisotopic (exact) mass is 444 g/mol. The fourth-order valence-electron chi connectivity index (χ4n) is 3.18. The van der Waals surface area contributed by atoms with Gasteiger partial charge in [-0.1, -0.05) is 34.1 Å². The topological polar surface area (TPSA) is 75.7 Å². The lowest BCUT2D eigenvalue weighted by Gasteiger charge is -2.16.